The number of amides is 1. The molecular formula is C15H17N3O2. The van der Waals surface area contributed by atoms with E-state index in [0.29, 0.717) is 12.4 Å². The fourth-order valence-corrected chi connectivity index (χ4v) is 2.30. The van der Waals surface area contributed by atoms with E-state index in [-0.39, 0.29) is 17.2 Å². The largest absolute Gasteiger partial charge is 0.352 e. The zero-order chi connectivity index (χ0) is 14.2. The molecule has 20 heavy (non-hydrogen) atoms. The molecule has 1 saturated carbocycles. The van der Waals surface area contributed by atoms with Crippen LogP contribution in [-0.2, 0) is 11.3 Å². The lowest BCUT2D eigenvalue weighted by Gasteiger charge is -2.07. The summed E-state index contributed by atoms with van der Waals surface area (Å²) in [6.45, 7) is 4.80. The fourth-order valence-electron chi connectivity index (χ4n) is 2.30. The zero-order valence-corrected chi connectivity index (χ0v) is 11.6. The van der Waals surface area contributed by atoms with Gasteiger partial charge in [0.1, 0.15) is 0 Å². The zero-order valence-electron chi connectivity index (χ0n) is 11.6. The summed E-state index contributed by atoms with van der Waals surface area (Å²) in [5, 5.41) is 6.76. The molecule has 5 nitrogen and oxygen atoms in total. The number of nitrogens with zero attached hydrogens (tertiary/aromatic N) is 2. The highest BCUT2D eigenvalue weighted by Gasteiger charge is 2.50. The van der Waals surface area contributed by atoms with Gasteiger partial charge in [-0.05, 0) is 17.4 Å². The number of hydrogen-bond donors (Lipinski definition) is 1. The van der Waals surface area contributed by atoms with Crippen molar-refractivity contribution in [1.29, 1.82) is 0 Å². The molecule has 5 heteroatoms. The van der Waals surface area contributed by atoms with Crippen LogP contribution in [0.4, 0.5) is 0 Å². The van der Waals surface area contributed by atoms with Crippen LogP contribution < -0.4 is 5.32 Å². The molecule has 0 bridgehead atoms. The van der Waals surface area contributed by atoms with Crippen molar-refractivity contribution >= 4 is 5.91 Å². The van der Waals surface area contributed by atoms with E-state index in [9.17, 15) is 4.79 Å². The minimum Gasteiger partial charge on any atom is -0.352 e. The van der Waals surface area contributed by atoms with E-state index in [1.807, 2.05) is 24.3 Å². The molecule has 1 heterocycles. The maximum absolute atomic E-state index is 11.9. The Bertz CT molecular complexity index is 603. The molecule has 1 N–H and O–H groups in total. The first-order valence-electron chi connectivity index (χ1n) is 6.70. The molecule has 3 rings (SSSR count). The number of carbonyl (C=O) groups excluding carboxylic acids is 1. The van der Waals surface area contributed by atoms with Crippen LogP contribution in [0.5, 0.6) is 0 Å². The van der Waals surface area contributed by atoms with Gasteiger partial charge in [0.15, 0.2) is 0 Å². The molecular weight excluding hydrogens is 254 g/mol. The quantitative estimate of drug-likeness (QED) is 0.927. The number of carbonyl (C=O) groups is 1. The summed E-state index contributed by atoms with van der Waals surface area (Å²) in [6.07, 6.45) is 2.29. The highest BCUT2D eigenvalue weighted by Crippen LogP contribution is 2.51. The van der Waals surface area contributed by atoms with Crippen molar-refractivity contribution in [3.05, 3.63) is 36.2 Å². The van der Waals surface area contributed by atoms with Gasteiger partial charge in [-0.25, -0.2) is 0 Å². The van der Waals surface area contributed by atoms with E-state index >= 15 is 0 Å². The van der Waals surface area contributed by atoms with Crippen molar-refractivity contribution in [3.63, 3.8) is 0 Å². The van der Waals surface area contributed by atoms with Crippen molar-refractivity contribution in [2.24, 2.45) is 11.3 Å². The lowest BCUT2D eigenvalue weighted by molar-refractivity contribution is -0.123. The maximum atomic E-state index is 11.9. The van der Waals surface area contributed by atoms with Gasteiger partial charge in [0.2, 0.25) is 18.1 Å². The molecule has 1 fully saturated rings. The molecule has 0 radical (unpaired) electrons. The van der Waals surface area contributed by atoms with E-state index < -0.39 is 0 Å². The van der Waals surface area contributed by atoms with Crippen LogP contribution in [0.3, 0.4) is 0 Å². The summed E-state index contributed by atoms with van der Waals surface area (Å²) in [5.74, 6) is 0.888. The number of aromatic nitrogens is 2. The van der Waals surface area contributed by atoms with Crippen LogP contribution in [0.2, 0.25) is 0 Å². The van der Waals surface area contributed by atoms with Crippen molar-refractivity contribution in [2.45, 2.75) is 26.8 Å². The van der Waals surface area contributed by atoms with Gasteiger partial charge < -0.3 is 9.84 Å². The molecule has 0 unspecified atom stereocenters. The third-order valence-electron chi connectivity index (χ3n) is 3.87. The SMILES string of the molecule is CC1(C)C[C@@H]1C(=O)NCc1ccc(-c2ncon2)cc1. The Morgan fingerprint density at radius 2 is 2.10 bits per heavy atom. The van der Waals surface area contributed by atoms with Crippen LogP contribution in [0.25, 0.3) is 11.4 Å². The lowest BCUT2D eigenvalue weighted by Crippen LogP contribution is -2.25. The van der Waals surface area contributed by atoms with Gasteiger partial charge in [0.05, 0.1) is 0 Å². The van der Waals surface area contributed by atoms with Gasteiger partial charge in [-0.3, -0.25) is 4.79 Å². The molecule has 104 valence electrons. The minimum atomic E-state index is 0.150. The normalized spacial score (nSPS) is 19.6. The molecule has 0 aliphatic heterocycles. The van der Waals surface area contributed by atoms with Gasteiger partial charge in [0.25, 0.3) is 0 Å². The molecule has 1 aliphatic carbocycles. The second kappa shape index (κ2) is 4.74. The van der Waals surface area contributed by atoms with Crippen LogP contribution in [0, 0.1) is 11.3 Å². The van der Waals surface area contributed by atoms with Crippen LogP contribution >= 0.6 is 0 Å². The fraction of sp³-hybridized carbons (Fsp3) is 0.400. The third-order valence-corrected chi connectivity index (χ3v) is 3.87. The first-order valence-corrected chi connectivity index (χ1v) is 6.70. The van der Waals surface area contributed by atoms with Crippen LogP contribution in [0.1, 0.15) is 25.8 Å². The van der Waals surface area contributed by atoms with E-state index in [0.717, 1.165) is 17.5 Å². The Morgan fingerprint density at radius 3 is 2.65 bits per heavy atom. The summed E-state index contributed by atoms with van der Waals surface area (Å²) in [6, 6.07) is 7.77. The van der Waals surface area contributed by atoms with Gasteiger partial charge in [-0.2, -0.15) is 4.98 Å². The van der Waals surface area contributed by atoms with Crippen molar-refractivity contribution in [2.75, 3.05) is 0 Å². The Labute approximate surface area is 117 Å². The monoisotopic (exact) mass is 271 g/mol. The summed E-state index contributed by atoms with van der Waals surface area (Å²) < 4.78 is 4.71. The molecule has 1 atom stereocenters. The molecule has 0 saturated heterocycles. The molecule has 1 aromatic carbocycles. The highest BCUT2D eigenvalue weighted by molar-refractivity contribution is 5.82. The summed E-state index contributed by atoms with van der Waals surface area (Å²) in [7, 11) is 0. The third kappa shape index (κ3) is 2.57. The predicted molar refractivity (Wildman–Crippen MR) is 73.5 cm³/mol. The van der Waals surface area contributed by atoms with Crippen molar-refractivity contribution in [1.82, 2.24) is 15.5 Å². The number of nitrogens with one attached hydrogen (secondary N) is 1. The number of hydrogen-bond acceptors (Lipinski definition) is 4. The smallest absolute Gasteiger partial charge is 0.223 e. The summed E-state index contributed by atoms with van der Waals surface area (Å²) >= 11 is 0. The predicted octanol–water partition coefficient (Wildman–Crippen LogP) is 2.40. The second-order valence-electron chi connectivity index (χ2n) is 5.91. The van der Waals surface area contributed by atoms with E-state index in [1.165, 1.54) is 6.39 Å². The van der Waals surface area contributed by atoms with Crippen LogP contribution in [-0.4, -0.2) is 16.0 Å². The average molecular weight is 271 g/mol. The minimum absolute atomic E-state index is 0.150. The van der Waals surface area contributed by atoms with Crippen molar-refractivity contribution in [3.8, 4) is 11.4 Å². The first-order chi connectivity index (χ1) is 9.56. The molecule has 0 spiro atoms. The van der Waals surface area contributed by atoms with Crippen molar-refractivity contribution < 1.29 is 9.32 Å². The van der Waals surface area contributed by atoms with Gasteiger partial charge >= 0.3 is 0 Å². The van der Waals surface area contributed by atoms with Gasteiger partial charge in [0, 0.05) is 18.0 Å². The standard InChI is InChI=1S/C15H17N3O2/c1-15(2)7-12(15)14(19)16-8-10-3-5-11(6-4-10)13-17-9-20-18-13/h3-6,9,12H,7-8H2,1-2H3,(H,16,19)/t12-/m1/s1. The Kier molecular flexibility index (Phi) is 3.04. The molecule has 1 amide bonds. The Morgan fingerprint density at radius 1 is 1.40 bits per heavy atom. The Hall–Kier alpha value is -2.17. The van der Waals surface area contributed by atoms with E-state index in [2.05, 4.69) is 29.3 Å². The number of rotatable bonds is 4. The van der Waals surface area contributed by atoms with Crippen LogP contribution in [0.15, 0.2) is 35.2 Å². The molecule has 2 aromatic rings. The highest BCUT2D eigenvalue weighted by atomic mass is 16.5. The summed E-state index contributed by atoms with van der Waals surface area (Å²) in [4.78, 5) is 15.9. The first kappa shape index (κ1) is 12.8. The Balaban J connectivity index is 1.58. The average Bonchev–Trinajstić information content (AvgIpc) is 2.87. The number of benzene rings is 1. The second-order valence-corrected chi connectivity index (χ2v) is 5.91. The topological polar surface area (TPSA) is 68.0 Å². The lowest BCUT2D eigenvalue weighted by atomic mass is 10.1. The molecule has 1 aromatic heterocycles. The van der Waals surface area contributed by atoms with Gasteiger partial charge in [-0.15, -0.1) is 0 Å². The van der Waals surface area contributed by atoms with E-state index in [1.54, 1.807) is 0 Å². The molecule has 1 aliphatic rings. The van der Waals surface area contributed by atoms with E-state index in [4.69, 9.17) is 4.52 Å². The maximum Gasteiger partial charge on any atom is 0.223 e. The summed E-state index contributed by atoms with van der Waals surface area (Å²) in [5.41, 5.74) is 2.13. The van der Waals surface area contributed by atoms with Gasteiger partial charge in [-0.1, -0.05) is 43.3 Å².